The van der Waals surface area contributed by atoms with E-state index in [1.165, 1.54) is 5.56 Å². The standard InChI is InChI=1S/C30H38ClN3O4/c1-4-38-30(36)34-22-7-8-23(34)18-24(17-22)33-13-11-19(12-14-33)26-15-20(6-10-28(26)37-3)21-5-9-25(27(31)16-21)29(35)32-2/h5-6,9-10,15-16,19,22-24H,4,7-8,11-14,17-18H2,1-3H3,(H,32,35). The molecular formula is C30H38ClN3O4. The molecule has 0 spiro atoms. The van der Waals surface area contributed by atoms with Crippen LogP contribution < -0.4 is 10.1 Å². The molecule has 2 aromatic rings. The normalized spacial score (nSPS) is 23.8. The summed E-state index contributed by atoms with van der Waals surface area (Å²) in [5, 5.41) is 3.07. The number of carbonyl (C=O) groups excluding carboxylic acids is 2. The van der Waals surface area contributed by atoms with Gasteiger partial charge in [-0.05, 0) is 105 Å². The molecule has 0 aliphatic carbocycles. The molecule has 5 rings (SSSR count). The molecule has 204 valence electrons. The number of methoxy groups -OCH3 is 1. The Balaban J connectivity index is 1.27. The van der Waals surface area contributed by atoms with Gasteiger partial charge in [-0.1, -0.05) is 23.7 Å². The fourth-order valence-corrected chi connectivity index (χ4v) is 7.03. The number of carbonyl (C=O) groups is 2. The van der Waals surface area contributed by atoms with E-state index < -0.39 is 0 Å². The summed E-state index contributed by atoms with van der Waals surface area (Å²) in [7, 11) is 3.33. The summed E-state index contributed by atoms with van der Waals surface area (Å²) < 4.78 is 11.1. The van der Waals surface area contributed by atoms with Crippen molar-refractivity contribution in [3.8, 4) is 16.9 Å². The van der Waals surface area contributed by atoms with Crippen molar-refractivity contribution in [3.05, 3.63) is 52.5 Å². The first-order valence-electron chi connectivity index (χ1n) is 13.8. The molecule has 2 bridgehead atoms. The molecule has 2 atom stereocenters. The van der Waals surface area contributed by atoms with Crippen molar-refractivity contribution in [2.75, 3.05) is 33.9 Å². The Bertz CT molecular complexity index is 1170. The number of nitrogens with one attached hydrogen (secondary N) is 1. The van der Waals surface area contributed by atoms with Gasteiger partial charge in [0.05, 0.1) is 24.3 Å². The Morgan fingerprint density at radius 3 is 2.24 bits per heavy atom. The average molecular weight is 540 g/mol. The molecule has 3 aliphatic heterocycles. The van der Waals surface area contributed by atoms with Gasteiger partial charge in [-0.3, -0.25) is 4.79 Å². The van der Waals surface area contributed by atoms with Crippen molar-refractivity contribution < 1.29 is 19.1 Å². The van der Waals surface area contributed by atoms with Crippen LogP contribution >= 0.6 is 11.6 Å². The highest BCUT2D eigenvalue weighted by Gasteiger charge is 2.45. The van der Waals surface area contributed by atoms with E-state index in [1.807, 2.05) is 30.0 Å². The largest absolute Gasteiger partial charge is 0.496 e. The predicted molar refractivity (Wildman–Crippen MR) is 149 cm³/mol. The summed E-state index contributed by atoms with van der Waals surface area (Å²) in [6, 6.07) is 13.1. The molecule has 3 heterocycles. The van der Waals surface area contributed by atoms with E-state index in [1.54, 1.807) is 20.2 Å². The van der Waals surface area contributed by atoms with Crippen molar-refractivity contribution in [1.29, 1.82) is 0 Å². The first-order chi connectivity index (χ1) is 18.4. The van der Waals surface area contributed by atoms with Crippen LogP contribution in [-0.4, -0.2) is 73.8 Å². The van der Waals surface area contributed by atoms with Crippen LogP contribution in [0.1, 0.15) is 67.3 Å². The maximum absolute atomic E-state index is 12.5. The number of piperidine rings is 2. The van der Waals surface area contributed by atoms with Gasteiger partial charge in [0.1, 0.15) is 5.75 Å². The molecule has 2 aromatic carbocycles. The fraction of sp³-hybridized carbons (Fsp3) is 0.533. The van der Waals surface area contributed by atoms with Crippen molar-refractivity contribution in [3.63, 3.8) is 0 Å². The molecule has 0 radical (unpaired) electrons. The van der Waals surface area contributed by atoms with Gasteiger partial charge in [0.2, 0.25) is 0 Å². The Labute approximate surface area is 230 Å². The summed E-state index contributed by atoms with van der Waals surface area (Å²) in [6.45, 7) is 4.41. The van der Waals surface area contributed by atoms with Crippen LogP contribution in [0.4, 0.5) is 4.79 Å². The molecule has 7 nitrogen and oxygen atoms in total. The lowest BCUT2D eigenvalue weighted by atomic mass is 9.85. The number of amides is 2. The highest BCUT2D eigenvalue weighted by atomic mass is 35.5. The highest BCUT2D eigenvalue weighted by Crippen LogP contribution is 2.42. The van der Waals surface area contributed by atoms with Crippen molar-refractivity contribution in [1.82, 2.24) is 15.1 Å². The second kappa shape index (κ2) is 11.5. The summed E-state index contributed by atoms with van der Waals surface area (Å²) in [4.78, 5) is 29.2. The van der Waals surface area contributed by atoms with Crippen LogP contribution in [0.25, 0.3) is 11.1 Å². The summed E-state index contributed by atoms with van der Waals surface area (Å²) >= 11 is 6.44. The monoisotopic (exact) mass is 539 g/mol. The Morgan fingerprint density at radius 1 is 0.974 bits per heavy atom. The summed E-state index contributed by atoms with van der Waals surface area (Å²) in [6.07, 6.45) is 6.29. The van der Waals surface area contributed by atoms with Gasteiger partial charge >= 0.3 is 6.09 Å². The minimum atomic E-state index is -0.191. The molecule has 0 aromatic heterocycles. The molecule has 3 saturated heterocycles. The Kier molecular flexibility index (Phi) is 8.15. The maximum Gasteiger partial charge on any atom is 0.410 e. The van der Waals surface area contributed by atoms with E-state index in [4.69, 9.17) is 21.1 Å². The van der Waals surface area contributed by atoms with E-state index in [0.717, 1.165) is 68.5 Å². The van der Waals surface area contributed by atoms with Crippen LogP contribution in [0, 0.1) is 0 Å². The highest BCUT2D eigenvalue weighted by molar-refractivity contribution is 6.34. The lowest BCUT2D eigenvalue weighted by Gasteiger charge is -2.45. The quantitative estimate of drug-likeness (QED) is 0.509. The van der Waals surface area contributed by atoms with Gasteiger partial charge in [0, 0.05) is 25.2 Å². The molecular weight excluding hydrogens is 502 g/mol. The number of ether oxygens (including phenoxy) is 2. The molecule has 3 aliphatic rings. The van der Waals surface area contributed by atoms with E-state index >= 15 is 0 Å². The Morgan fingerprint density at radius 2 is 1.63 bits per heavy atom. The van der Waals surface area contributed by atoms with Gasteiger partial charge in [0.25, 0.3) is 5.91 Å². The first-order valence-corrected chi connectivity index (χ1v) is 14.2. The number of likely N-dealkylation sites (tertiary alicyclic amines) is 1. The third-order valence-corrected chi connectivity index (χ3v) is 8.99. The van der Waals surface area contributed by atoms with Crippen LogP contribution in [-0.2, 0) is 4.74 Å². The second-order valence-electron chi connectivity index (χ2n) is 10.7. The average Bonchev–Trinajstić information content (AvgIpc) is 3.21. The molecule has 8 heteroatoms. The lowest BCUT2D eigenvalue weighted by molar-refractivity contribution is 0.0340. The number of rotatable bonds is 6. The minimum Gasteiger partial charge on any atom is -0.496 e. The second-order valence-corrected chi connectivity index (χ2v) is 11.1. The third-order valence-electron chi connectivity index (χ3n) is 8.68. The number of hydrogen-bond donors (Lipinski definition) is 1. The summed E-state index contributed by atoms with van der Waals surface area (Å²) in [5.74, 6) is 1.14. The van der Waals surface area contributed by atoms with Crippen LogP contribution in [0.5, 0.6) is 5.75 Å². The van der Waals surface area contributed by atoms with Gasteiger partial charge in [-0.15, -0.1) is 0 Å². The minimum absolute atomic E-state index is 0.131. The smallest absolute Gasteiger partial charge is 0.410 e. The first kappa shape index (κ1) is 26.8. The summed E-state index contributed by atoms with van der Waals surface area (Å²) in [5.41, 5.74) is 3.75. The Hall–Kier alpha value is -2.77. The topological polar surface area (TPSA) is 71.1 Å². The molecule has 2 amide bonds. The van der Waals surface area contributed by atoms with Crippen molar-refractivity contribution in [2.45, 2.75) is 69.5 Å². The molecule has 38 heavy (non-hydrogen) atoms. The number of nitrogens with zero attached hydrogens (tertiary/aromatic N) is 2. The lowest BCUT2D eigenvalue weighted by Crippen LogP contribution is -2.53. The number of benzene rings is 2. The van der Waals surface area contributed by atoms with E-state index in [-0.39, 0.29) is 12.0 Å². The van der Waals surface area contributed by atoms with Gasteiger partial charge in [0.15, 0.2) is 0 Å². The van der Waals surface area contributed by atoms with E-state index in [0.29, 0.717) is 41.2 Å². The maximum atomic E-state index is 12.5. The van der Waals surface area contributed by atoms with Crippen LogP contribution in [0.3, 0.4) is 0 Å². The zero-order chi connectivity index (χ0) is 26.8. The zero-order valence-corrected chi connectivity index (χ0v) is 23.3. The van der Waals surface area contributed by atoms with Crippen LogP contribution in [0.2, 0.25) is 5.02 Å². The van der Waals surface area contributed by atoms with Crippen molar-refractivity contribution in [2.24, 2.45) is 0 Å². The van der Waals surface area contributed by atoms with Gasteiger partial charge in [-0.25, -0.2) is 4.79 Å². The number of fused-ring (bicyclic) bond motifs is 2. The fourth-order valence-electron chi connectivity index (χ4n) is 6.76. The molecule has 1 N–H and O–H groups in total. The van der Waals surface area contributed by atoms with Gasteiger partial charge in [-0.2, -0.15) is 0 Å². The molecule has 2 unspecified atom stereocenters. The van der Waals surface area contributed by atoms with Crippen LogP contribution in [0.15, 0.2) is 36.4 Å². The van der Waals surface area contributed by atoms with Crippen molar-refractivity contribution >= 4 is 23.6 Å². The predicted octanol–water partition coefficient (Wildman–Crippen LogP) is 5.71. The molecule has 0 saturated carbocycles. The number of halogens is 1. The number of hydrogen-bond acceptors (Lipinski definition) is 5. The van der Waals surface area contributed by atoms with Gasteiger partial charge < -0.3 is 24.6 Å². The van der Waals surface area contributed by atoms with E-state index in [9.17, 15) is 9.59 Å². The molecule has 3 fully saturated rings. The van der Waals surface area contributed by atoms with E-state index in [2.05, 4.69) is 22.3 Å². The SMILES string of the molecule is CCOC(=O)N1C2CCC1CC(N1CCC(c3cc(-c4ccc(C(=O)NC)c(Cl)c4)ccc3OC)CC1)C2. The third kappa shape index (κ3) is 5.23. The zero-order valence-electron chi connectivity index (χ0n) is 22.5.